The largest absolute Gasteiger partial charge is 0.493 e. The van der Waals surface area contributed by atoms with Crippen molar-refractivity contribution in [2.45, 2.75) is 43.9 Å². The van der Waals surface area contributed by atoms with Gasteiger partial charge in [-0.05, 0) is 103 Å². The van der Waals surface area contributed by atoms with Gasteiger partial charge >= 0.3 is 6.03 Å². The van der Waals surface area contributed by atoms with Gasteiger partial charge < -0.3 is 9.47 Å². The van der Waals surface area contributed by atoms with E-state index in [0.29, 0.717) is 17.0 Å². The van der Waals surface area contributed by atoms with Crippen LogP contribution in [0.3, 0.4) is 0 Å². The zero-order chi connectivity index (χ0) is 27.3. The first-order valence-electron chi connectivity index (χ1n) is 13.3. The maximum atomic E-state index is 13.5. The number of nitrogens with one attached hydrogen (secondary N) is 1. The molecular weight excluding hydrogens is 516 g/mol. The normalized spacial score (nSPS) is 28.4. The Labute approximate surface area is 232 Å². The van der Waals surface area contributed by atoms with E-state index in [1.807, 2.05) is 12.1 Å². The third kappa shape index (κ3) is 4.47. The van der Waals surface area contributed by atoms with Gasteiger partial charge in [-0.1, -0.05) is 29.7 Å². The maximum absolute atomic E-state index is 13.5. The van der Waals surface area contributed by atoms with Crippen LogP contribution in [0.4, 0.5) is 10.5 Å². The van der Waals surface area contributed by atoms with Crippen molar-refractivity contribution in [2.24, 2.45) is 17.8 Å². The van der Waals surface area contributed by atoms with Crippen molar-refractivity contribution >= 4 is 41.2 Å². The highest BCUT2D eigenvalue weighted by Gasteiger charge is 2.51. The lowest BCUT2D eigenvalue weighted by Crippen LogP contribution is -2.54. The summed E-state index contributed by atoms with van der Waals surface area (Å²) in [4.78, 5) is 40.0. The Kier molecular flexibility index (Phi) is 6.39. The third-order valence-electron chi connectivity index (χ3n) is 8.74. The van der Waals surface area contributed by atoms with E-state index in [1.54, 1.807) is 6.07 Å². The molecule has 7 nitrogen and oxygen atoms in total. The summed E-state index contributed by atoms with van der Waals surface area (Å²) in [6.45, 7) is -0.00384. The van der Waals surface area contributed by atoms with Gasteiger partial charge in [-0.25, -0.2) is 9.69 Å². The SMILES string of the molecule is C#CCOc1c(Cl)cc(/C=C2\C(=O)NC(=O)N(c3ccc(C45CC6CC(CC(C6)C4)C5)cc3)C2=O)cc1OC. The topological polar surface area (TPSA) is 84.9 Å². The number of nitrogens with zero attached hydrogens (tertiary/aromatic N) is 1. The Bertz CT molecular complexity index is 1400. The molecule has 0 spiro atoms. The van der Waals surface area contributed by atoms with Crippen LogP contribution in [0.25, 0.3) is 6.08 Å². The third-order valence-corrected chi connectivity index (χ3v) is 9.02. The highest BCUT2D eigenvalue weighted by molar-refractivity contribution is 6.39. The molecule has 4 bridgehead atoms. The number of methoxy groups -OCH3 is 1. The molecule has 5 aliphatic rings. The number of terminal acetylenes is 1. The fourth-order valence-corrected chi connectivity index (χ4v) is 7.84. The lowest BCUT2D eigenvalue weighted by molar-refractivity contribution is -0.122. The molecule has 0 atom stereocenters. The first-order valence-corrected chi connectivity index (χ1v) is 13.6. The van der Waals surface area contributed by atoms with E-state index < -0.39 is 17.8 Å². The van der Waals surface area contributed by atoms with Crippen LogP contribution in [-0.2, 0) is 15.0 Å². The van der Waals surface area contributed by atoms with E-state index in [1.165, 1.54) is 63.3 Å². The molecule has 0 radical (unpaired) electrons. The summed E-state index contributed by atoms with van der Waals surface area (Å²) in [6.07, 6.45) is 14.4. The van der Waals surface area contributed by atoms with Gasteiger partial charge in [0.25, 0.3) is 11.8 Å². The first kappa shape index (κ1) is 25.5. The standard InChI is InChI=1S/C31H29ClN2O5/c1-3-8-39-27-25(32)13-18(14-26(27)38-2)12-24-28(35)33-30(37)34(29(24)36)23-6-4-22(5-7-23)31-15-19-9-20(16-31)11-21(10-19)17-31/h1,4-7,12-14,19-21H,8-11,15-17H2,2H3,(H,33,35,37)/b24-12+. The van der Waals surface area contributed by atoms with Crippen molar-refractivity contribution in [3.8, 4) is 23.8 Å². The highest BCUT2D eigenvalue weighted by Crippen LogP contribution is 2.60. The van der Waals surface area contributed by atoms with Gasteiger partial charge in [-0.3, -0.25) is 14.9 Å². The van der Waals surface area contributed by atoms with Crippen LogP contribution in [0, 0.1) is 30.1 Å². The molecule has 4 amide bonds. The summed E-state index contributed by atoms with van der Waals surface area (Å²) in [5.74, 6) is 3.86. The summed E-state index contributed by atoms with van der Waals surface area (Å²) in [5, 5.41) is 2.48. The second-order valence-corrected chi connectivity index (χ2v) is 11.6. The summed E-state index contributed by atoms with van der Waals surface area (Å²) >= 11 is 6.36. The number of anilines is 1. The number of benzene rings is 2. The number of hydrogen-bond acceptors (Lipinski definition) is 5. The highest BCUT2D eigenvalue weighted by atomic mass is 35.5. The molecule has 1 saturated heterocycles. The van der Waals surface area contributed by atoms with Gasteiger partial charge in [-0.2, -0.15) is 0 Å². The molecular formula is C31H29ClN2O5. The molecule has 0 aromatic heterocycles. The zero-order valence-electron chi connectivity index (χ0n) is 21.7. The molecule has 4 saturated carbocycles. The molecule has 1 heterocycles. The molecule has 4 aliphatic carbocycles. The van der Waals surface area contributed by atoms with Gasteiger partial charge in [0.15, 0.2) is 11.5 Å². The number of halogens is 1. The Morgan fingerprint density at radius 3 is 2.31 bits per heavy atom. The molecule has 7 rings (SSSR count). The van der Waals surface area contributed by atoms with Crippen LogP contribution in [0.2, 0.25) is 5.02 Å². The minimum Gasteiger partial charge on any atom is -0.493 e. The second kappa shape index (κ2) is 9.77. The summed E-state index contributed by atoms with van der Waals surface area (Å²) in [7, 11) is 1.44. The molecule has 2 aromatic rings. The molecule has 39 heavy (non-hydrogen) atoms. The van der Waals surface area contributed by atoms with Crippen molar-refractivity contribution in [3.05, 3.63) is 58.1 Å². The molecule has 2 aromatic carbocycles. The first-order chi connectivity index (χ1) is 18.8. The number of carbonyl (C=O) groups excluding carboxylic acids is 3. The van der Waals surface area contributed by atoms with Crippen LogP contribution in [0.5, 0.6) is 11.5 Å². The van der Waals surface area contributed by atoms with Crippen molar-refractivity contribution < 1.29 is 23.9 Å². The van der Waals surface area contributed by atoms with Gasteiger partial charge in [0.05, 0.1) is 17.8 Å². The molecule has 1 N–H and O–H groups in total. The lowest BCUT2D eigenvalue weighted by Gasteiger charge is -2.57. The van der Waals surface area contributed by atoms with E-state index in [9.17, 15) is 14.4 Å². The Morgan fingerprint density at radius 1 is 1.08 bits per heavy atom. The number of imide groups is 2. The van der Waals surface area contributed by atoms with Crippen molar-refractivity contribution in [1.82, 2.24) is 5.32 Å². The number of barbiturate groups is 1. The number of ether oxygens (including phenoxy) is 2. The zero-order valence-corrected chi connectivity index (χ0v) is 22.4. The van der Waals surface area contributed by atoms with Crippen LogP contribution >= 0.6 is 11.6 Å². The van der Waals surface area contributed by atoms with Crippen molar-refractivity contribution in [3.63, 3.8) is 0 Å². The smallest absolute Gasteiger partial charge is 0.335 e. The Morgan fingerprint density at radius 2 is 1.72 bits per heavy atom. The quantitative estimate of drug-likeness (QED) is 0.295. The minimum absolute atomic E-state index is 0.00384. The van der Waals surface area contributed by atoms with Gasteiger partial charge in [0.2, 0.25) is 0 Å². The van der Waals surface area contributed by atoms with Crippen molar-refractivity contribution in [1.29, 1.82) is 0 Å². The van der Waals surface area contributed by atoms with E-state index >= 15 is 0 Å². The average Bonchev–Trinajstić information content (AvgIpc) is 2.89. The minimum atomic E-state index is -0.783. The number of carbonyl (C=O) groups is 3. The second-order valence-electron chi connectivity index (χ2n) is 11.2. The number of amides is 4. The number of rotatable bonds is 6. The lowest BCUT2D eigenvalue weighted by atomic mass is 9.48. The van der Waals surface area contributed by atoms with Gasteiger partial charge in [-0.15, -0.1) is 6.42 Å². The monoisotopic (exact) mass is 544 g/mol. The van der Waals surface area contributed by atoms with E-state index in [-0.39, 0.29) is 28.4 Å². The van der Waals surface area contributed by atoms with Crippen LogP contribution in [0.15, 0.2) is 42.0 Å². The summed E-state index contributed by atoms with van der Waals surface area (Å²) < 4.78 is 10.8. The summed E-state index contributed by atoms with van der Waals surface area (Å²) in [5.41, 5.74) is 2.13. The predicted molar refractivity (Wildman–Crippen MR) is 148 cm³/mol. The molecule has 8 heteroatoms. The van der Waals surface area contributed by atoms with Crippen molar-refractivity contribution in [2.75, 3.05) is 18.6 Å². The number of hydrogen-bond donors (Lipinski definition) is 1. The van der Waals surface area contributed by atoms with Crippen LogP contribution in [-0.4, -0.2) is 31.6 Å². The molecule has 5 fully saturated rings. The van der Waals surface area contributed by atoms with Crippen LogP contribution in [0.1, 0.15) is 49.7 Å². The molecule has 0 unspecified atom stereocenters. The predicted octanol–water partition coefficient (Wildman–Crippen LogP) is 5.49. The Balaban J connectivity index is 1.28. The Hall–Kier alpha value is -3.76. The fraction of sp³-hybridized carbons (Fsp3) is 0.387. The number of urea groups is 1. The molecule has 1 aliphatic heterocycles. The van der Waals surface area contributed by atoms with E-state index in [0.717, 1.165) is 22.7 Å². The van der Waals surface area contributed by atoms with Gasteiger partial charge in [0.1, 0.15) is 12.2 Å². The van der Waals surface area contributed by atoms with Gasteiger partial charge in [0, 0.05) is 0 Å². The summed E-state index contributed by atoms with van der Waals surface area (Å²) in [6, 6.07) is 10.1. The molecule has 200 valence electrons. The van der Waals surface area contributed by atoms with E-state index in [4.69, 9.17) is 27.5 Å². The van der Waals surface area contributed by atoms with E-state index in [2.05, 4.69) is 23.4 Å². The maximum Gasteiger partial charge on any atom is 0.335 e. The average molecular weight is 545 g/mol. The fourth-order valence-electron chi connectivity index (χ4n) is 7.56. The van der Waals surface area contributed by atoms with Crippen LogP contribution < -0.4 is 19.7 Å².